The Morgan fingerprint density at radius 2 is 1.46 bits per heavy atom. The van der Waals surface area contributed by atoms with Crippen molar-refractivity contribution in [2.45, 2.75) is 70.1 Å². The molecule has 3 aromatic rings. The van der Waals surface area contributed by atoms with Crippen LogP contribution in [-0.2, 0) is 27.5 Å². The number of carbonyl (C=O) groups is 1. The molecule has 3 aromatic carbocycles. The number of likely N-dealkylation sites (tertiary alicyclic amines) is 2. The molecule has 3 fully saturated rings. The fourth-order valence-electron chi connectivity index (χ4n) is 8.09. The van der Waals surface area contributed by atoms with Gasteiger partial charge in [0.25, 0.3) is 0 Å². The molecule has 0 amide bonds. The molecule has 2 aliphatic heterocycles. The molecule has 2 heterocycles. The minimum Gasteiger partial charge on any atom is -0.497 e. The SMILES string of the molecule is COc1ccc(COC(=O)C[C@H]2CCCC[C@H]2N2CC(CN3CCC(COCc4ccccc4)CC3)C(c3ccccc3)C2)cc1. The summed E-state index contributed by atoms with van der Waals surface area (Å²) >= 11 is 0. The van der Waals surface area contributed by atoms with Crippen LogP contribution in [0, 0.1) is 17.8 Å². The maximum absolute atomic E-state index is 13.1. The summed E-state index contributed by atoms with van der Waals surface area (Å²) in [7, 11) is 1.66. The van der Waals surface area contributed by atoms with E-state index in [0.717, 1.165) is 57.1 Å². The van der Waals surface area contributed by atoms with Crippen LogP contribution in [-0.4, -0.2) is 68.3 Å². The third-order valence-electron chi connectivity index (χ3n) is 10.7. The first-order chi connectivity index (χ1) is 22.6. The van der Waals surface area contributed by atoms with Crippen LogP contribution in [0.2, 0.25) is 0 Å². The van der Waals surface area contributed by atoms with Gasteiger partial charge in [-0.1, -0.05) is 85.6 Å². The number of hydrogen-bond donors (Lipinski definition) is 0. The number of esters is 1. The van der Waals surface area contributed by atoms with Crippen LogP contribution in [0.1, 0.15) is 67.6 Å². The van der Waals surface area contributed by atoms with E-state index in [4.69, 9.17) is 14.2 Å². The van der Waals surface area contributed by atoms with Crippen LogP contribution >= 0.6 is 0 Å². The molecule has 2 unspecified atom stereocenters. The average Bonchev–Trinajstić information content (AvgIpc) is 3.53. The second kappa shape index (κ2) is 16.6. The highest BCUT2D eigenvalue weighted by Gasteiger charge is 2.41. The number of methoxy groups -OCH3 is 1. The van der Waals surface area contributed by atoms with Gasteiger partial charge in [0.1, 0.15) is 12.4 Å². The summed E-state index contributed by atoms with van der Waals surface area (Å²) in [6.07, 6.45) is 7.68. The zero-order chi connectivity index (χ0) is 31.6. The predicted octanol–water partition coefficient (Wildman–Crippen LogP) is 7.33. The Kier molecular flexibility index (Phi) is 11.8. The largest absolute Gasteiger partial charge is 0.497 e. The van der Waals surface area contributed by atoms with Gasteiger partial charge in [-0.2, -0.15) is 0 Å². The van der Waals surface area contributed by atoms with Crippen molar-refractivity contribution in [2.24, 2.45) is 17.8 Å². The lowest BCUT2D eigenvalue weighted by molar-refractivity contribution is -0.147. The molecule has 246 valence electrons. The minimum atomic E-state index is -0.0707. The van der Waals surface area contributed by atoms with Gasteiger partial charge in [0.15, 0.2) is 0 Å². The number of carbonyl (C=O) groups excluding carboxylic acids is 1. The zero-order valence-corrected chi connectivity index (χ0v) is 27.6. The van der Waals surface area contributed by atoms with Crippen molar-refractivity contribution in [1.82, 2.24) is 9.80 Å². The number of hydrogen-bond acceptors (Lipinski definition) is 6. The topological polar surface area (TPSA) is 51.2 Å². The van der Waals surface area contributed by atoms with Crippen molar-refractivity contribution < 1.29 is 19.0 Å². The molecule has 4 atom stereocenters. The zero-order valence-electron chi connectivity index (χ0n) is 27.6. The second-order valence-electron chi connectivity index (χ2n) is 13.8. The fourth-order valence-corrected chi connectivity index (χ4v) is 8.09. The molecule has 0 spiro atoms. The molecule has 3 aliphatic rings. The van der Waals surface area contributed by atoms with Crippen LogP contribution in [0.15, 0.2) is 84.9 Å². The molecule has 0 bridgehead atoms. The third kappa shape index (κ3) is 8.99. The Balaban J connectivity index is 1.02. The smallest absolute Gasteiger partial charge is 0.306 e. The van der Waals surface area contributed by atoms with Crippen molar-refractivity contribution in [1.29, 1.82) is 0 Å². The molecule has 1 aliphatic carbocycles. The standard InChI is InChI=1S/C40H52N2O4/c1-44-37-18-16-32(17-19-37)30-46-40(43)24-35-14-8-9-15-39(35)42-26-36(38(27-42)34-12-6-3-7-13-34)25-41-22-20-33(21-23-41)29-45-28-31-10-4-2-5-11-31/h2-7,10-13,16-19,33,35-36,38-39H,8-9,14-15,20-30H2,1H3/t35-,36?,38?,39-/m1/s1. The molecule has 6 nitrogen and oxygen atoms in total. The maximum Gasteiger partial charge on any atom is 0.306 e. The number of piperidine rings is 1. The molecule has 6 heteroatoms. The molecule has 2 saturated heterocycles. The van der Waals surface area contributed by atoms with E-state index in [2.05, 4.69) is 70.5 Å². The summed E-state index contributed by atoms with van der Waals surface area (Å²) < 4.78 is 17.1. The Labute approximate surface area is 276 Å². The molecule has 0 N–H and O–H groups in total. The summed E-state index contributed by atoms with van der Waals surface area (Å²) in [5, 5.41) is 0. The van der Waals surface area contributed by atoms with Crippen LogP contribution in [0.4, 0.5) is 0 Å². The van der Waals surface area contributed by atoms with Gasteiger partial charge >= 0.3 is 5.97 Å². The van der Waals surface area contributed by atoms with E-state index in [1.807, 2.05) is 24.3 Å². The first-order valence-corrected chi connectivity index (χ1v) is 17.6. The van der Waals surface area contributed by atoms with Crippen LogP contribution in [0.5, 0.6) is 5.75 Å². The van der Waals surface area contributed by atoms with Crippen molar-refractivity contribution in [3.8, 4) is 5.75 Å². The number of ether oxygens (including phenoxy) is 3. The second-order valence-corrected chi connectivity index (χ2v) is 13.8. The third-order valence-corrected chi connectivity index (χ3v) is 10.7. The molecule has 1 saturated carbocycles. The van der Waals surface area contributed by atoms with Crippen LogP contribution in [0.3, 0.4) is 0 Å². The summed E-state index contributed by atoms with van der Waals surface area (Å²) in [4.78, 5) is 18.5. The Bertz CT molecular complexity index is 1330. The van der Waals surface area contributed by atoms with Crippen molar-refractivity contribution >= 4 is 5.97 Å². The van der Waals surface area contributed by atoms with E-state index in [1.54, 1.807) is 7.11 Å². The number of nitrogens with zero attached hydrogens (tertiary/aromatic N) is 2. The van der Waals surface area contributed by atoms with E-state index in [0.29, 0.717) is 49.3 Å². The van der Waals surface area contributed by atoms with Crippen molar-refractivity contribution in [3.05, 3.63) is 102 Å². The minimum absolute atomic E-state index is 0.0707. The lowest BCUT2D eigenvalue weighted by Crippen LogP contribution is -2.43. The Morgan fingerprint density at radius 1 is 0.761 bits per heavy atom. The first kappa shape index (κ1) is 32.7. The molecule has 0 radical (unpaired) electrons. The Morgan fingerprint density at radius 3 is 2.20 bits per heavy atom. The highest BCUT2D eigenvalue weighted by molar-refractivity contribution is 5.69. The summed E-state index contributed by atoms with van der Waals surface area (Å²) in [6, 6.07) is 29.9. The van der Waals surface area contributed by atoms with Crippen molar-refractivity contribution in [3.63, 3.8) is 0 Å². The first-order valence-electron chi connectivity index (χ1n) is 17.6. The fraction of sp³-hybridized carbons (Fsp3) is 0.525. The van der Waals surface area contributed by atoms with Crippen LogP contribution in [0.25, 0.3) is 0 Å². The summed E-state index contributed by atoms with van der Waals surface area (Å²) in [5.74, 6) is 2.87. The number of benzene rings is 3. The quantitative estimate of drug-likeness (QED) is 0.186. The molecule has 6 rings (SSSR count). The monoisotopic (exact) mass is 624 g/mol. The van der Waals surface area contributed by atoms with Gasteiger partial charge in [0, 0.05) is 44.6 Å². The highest BCUT2D eigenvalue weighted by atomic mass is 16.5. The van der Waals surface area contributed by atoms with E-state index in [1.165, 1.54) is 43.2 Å². The molecular formula is C40H52N2O4. The molecule has 46 heavy (non-hydrogen) atoms. The lowest BCUT2D eigenvalue weighted by Gasteiger charge is -2.38. The van der Waals surface area contributed by atoms with E-state index in [9.17, 15) is 4.79 Å². The van der Waals surface area contributed by atoms with Gasteiger partial charge in [0.2, 0.25) is 0 Å². The normalized spacial score (nSPS) is 24.5. The van der Waals surface area contributed by atoms with E-state index >= 15 is 0 Å². The van der Waals surface area contributed by atoms with Gasteiger partial charge < -0.3 is 19.1 Å². The van der Waals surface area contributed by atoms with Gasteiger partial charge in [-0.15, -0.1) is 0 Å². The van der Waals surface area contributed by atoms with Crippen LogP contribution < -0.4 is 4.74 Å². The van der Waals surface area contributed by atoms with Gasteiger partial charge in [0.05, 0.1) is 13.7 Å². The lowest BCUT2D eigenvalue weighted by atomic mass is 9.81. The Hall–Kier alpha value is -3.19. The van der Waals surface area contributed by atoms with Gasteiger partial charge in [-0.3, -0.25) is 9.69 Å². The predicted molar refractivity (Wildman–Crippen MR) is 183 cm³/mol. The highest BCUT2D eigenvalue weighted by Crippen LogP contribution is 2.40. The summed E-state index contributed by atoms with van der Waals surface area (Å²) in [6.45, 7) is 7.54. The van der Waals surface area contributed by atoms with E-state index in [-0.39, 0.29) is 5.97 Å². The van der Waals surface area contributed by atoms with Gasteiger partial charge in [-0.25, -0.2) is 0 Å². The van der Waals surface area contributed by atoms with E-state index < -0.39 is 0 Å². The molecule has 0 aromatic heterocycles. The maximum atomic E-state index is 13.1. The molecular weight excluding hydrogens is 572 g/mol. The average molecular weight is 625 g/mol. The van der Waals surface area contributed by atoms with Gasteiger partial charge in [-0.05, 0) is 85.3 Å². The van der Waals surface area contributed by atoms with Crippen molar-refractivity contribution in [2.75, 3.05) is 46.4 Å². The summed E-state index contributed by atoms with van der Waals surface area (Å²) in [5.41, 5.74) is 3.71. The number of rotatable bonds is 13.